The zero-order chi connectivity index (χ0) is 21.6. The molecule has 156 valence electrons. The molecule has 1 unspecified atom stereocenters. The van der Waals surface area contributed by atoms with E-state index in [1.165, 1.54) is 14.2 Å². The zero-order valence-electron chi connectivity index (χ0n) is 17.0. The molecule has 8 nitrogen and oxygen atoms in total. The number of methoxy groups -OCH3 is 2. The number of aliphatic carboxylic acids is 1. The van der Waals surface area contributed by atoms with E-state index in [2.05, 4.69) is 15.0 Å². The first kappa shape index (κ1) is 21.2. The van der Waals surface area contributed by atoms with Crippen LogP contribution in [0.5, 0.6) is 12.0 Å². The lowest BCUT2D eigenvalue weighted by atomic mass is 9.81. The average molecular weight is 409 g/mol. The predicted octanol–water partition coefficient (Wildman–Crippen LogP) is 2.86. The Labute approximate surface area is 174 Å². The first-order valence-electron chi connectivity index (χ1n) is 9.39. The molecule has 0 saturated heterocycles. The molecule has 0 fully saturated rings. The number of carboxylic acids is 1. The molecule has 0 spiro atoms. The van der Waals surface area contributed by atoms with Crippen LogP contribution in [0.1, 0.15) is 23.9 Å². The zero-order valence-corrected chi connectivity index (χ0v) is 17.0. The van der Waals surface area contributed by atoms with E-state index in [0.29, 0.717) is 23.4 Å². The van der Waals surface area contributed by atoms with Gasteiger partial charge in [-0.3, -0.25) is 0 Å². The Morgan fingerprint density at radius 3 is 1.90 bits per heavy atom. The van der Waals surface area contributed by atoms with Crippen molar-refractivity contribution in [1.29, 1.82) is 0 Å². The van der Waals surface area contributed by atoms with Crippen LogP contribution in [-0.4, -0.2) is 46.4 Å². The van der Waals surface area contributed by atoms with Crippen LogP contribution in [0.4, 0.5) is 0 Å². The SMILES string of the molecule is CCc1nc(OC)nc(OC(C(=O)O)C(OC)(c2ccccc2)c2ccccc2)n1. The minimum atomic E-state index is -1.50. The molecule has 1 atom stereocenters. The number of hydrogen-bond donors (Lipinski definition) is 1. The maximum absolute atomic E-state index is 12.5. The third-order valence-corrected chi connectivity index (χ3v) is 4.68. The second kappa shape index (κ2) is 9.32. The molecule has 2 aromatic carbocycles. The number of hydrogen-bond acceptors (Lipinski definition) is 7. The highest BCUT2D eigenvalue weighted by molar-refractivity contribution is 5.76. The summed E-state index contributed by atoms with van der Waals surface area (Å²) in [6.45, 7) is 1.86. The van der Waals surface area contributed by atoms with Gasteiger partial charge in [-0.1, -0.05) is 67.6 Å². The van der Waals surface area contributed by atoms with Crippen LogP contribution in [0, 0.1) is 0 Å². The third kappa shape index (κ3) is 4.08. The van der Waals surface area contributed by atoms with Gasteiger partial charge in [0.25, 0.3) is 0 Å². The highest BCUT2D eigenvalue weighted by Crippen LogP contribution is 2.38. The highest BCUT2D eigenvalue weighted by Gasteiger charge is 2.49. The second-order valence-electron chi connectivity index (χ2n) is 6.38. The molecule has 0 saturated carbocycles. The van der Waals surface area contributed by atoms with Gasteiger partial charge in [-0.15, -0.1) is 4.98 Å². The third-order valence-electron chi connectivity index (χ3n) is 4.68. The van der Waals surface area contributed by atoms with E-state index in [1.54, 1.807) is 24.3 Å². The first-order valence-corrected chi connectivity index (χ1v) is 9.39. The molecule has 0 bridgehead atoms. The van der Waals surface area contributed by atoms with Crippen LogP contribution < -0.4 is 9.47 Å². The lowest BCUT2D eigenvalue weighted by molar-refractivity contribution is -0.160. The van der Waals surface area contributed by atoms with E-state index in [4.69, 9.17) is 14.2 Å². The van der Waals surface area contributed by atoms with E-state index in [9.17, 15) is 9.90 Å². The molecule has 8 heteroatoms. The normalized spacial score (nSPS) is 12.2. The summed E-state index contributed by atoms with van der Waals surface area (Å²) >= 11 is 0. The van der Waals surface area contributed by atoms with Gasteiger partial charge in [-0.2, -0.15) is 9.97 Å². The lowest BCUT2D eigenvalue weighted by Gasteiger charge is -2.37. The fraction of sp³-hybridized carbons (Fsp3) is 0.273. The topological polar surface area (TPSA) is 104 Å². The van der Waals surface area contributed by atoms with Crippen molar-refractivity contribution in [1.82, 2.24) is 15.0 Å². The minimum absolute atomic E-state index is 0.0448. The Morgan fingerprint density at radius 1 is 0.933 bits per heavy atom. The Kier molecular flexibility index (Phi) is 6.58. The molecule has 0 aliphatic rings. The monoisotopic (exact) mass is 409 g/mol. The van der Waals surface area contributed by atoms with Gasteiger partial charge in [-0.25, -0.2) is 4.79 Å². The molecule has 1 aromatic heterocycles. The molecule has 0 amide bonds. The summed E-state index contributed by atoms with van der Waals surface area (Å²) in [7, 11) is 2.87. The van der Waals surface area contributed by atoms with Crippen LogP contribution in [0.3, 0.4) is 0 Å². The summed E-state index contributed by atoms with van der Waals surface area (Å²) in [5, 5.41) is 10.2. The molecule has 0 radical (unpaired) electrons. The van der Waals surface area contributed by atoms with Crippen molar-refractivity contribution in [3.05, 3.63) is 77.6 Å². The Bertz CT molecular complexity index is 921. The number of aromatic nitrogens is 3. The van der Waals surface area contributed by atoms with Crippen molar-refractivity contribution in [2.45, 2.75) is 25.0 Å². The van der Waals surface area contributed by atoms with E-state index < -0.39 is 17.7 Å². The number of nitrogens with zero attached hydrogens (tertiary/aromatic N) is 3. The van der Waals surface area contributed by atoms with Crippen LogP contribution >= 0.6 is 0 Å². The van der Waals surface area contributed by atoms with Crippen molar-refractivity contribution < 1.29 is 24.1 Å². The highest BCUT2D eigenvalue weighted by atomic mass is 16.6. The average Bonchev–Trinajstić information content (AvgIpc) is 2.80. The Morgan fingerprint density at radius 2 is 1.47 bits per heavy atom. The molecule has 0 aliphatic carbocycles. The summed E-state index contributed by atoms with van der Waals surface area (Å²) in [4.78, 5) is 24.9. The maximum Gasteiger partial charge on any atom is 0.348 e. The molecular formula is C22H23N3O5. The van der Waals surface area contributed by atoms with Crippen LogP contribution in [-0.2, 0) is 21.6 Å². The van der Waals surface area contributed by atoms with Crippen LogP contribution in [0.15, 0.2) is 60.7 Å². The maximum atomic E-state index is 12.5. The van der Waals surface area contributed by atoms with Gasteiger partial charge in [0.2, 0.25) is 6.10 Å². The van der Waals surface area contributed by atoms with Gasteiger partial charge in [0.15, 0.2) is 5.60 Å². The second-order valence-corrected chi connectivity index (χ2v) is 6.38. The van der Waals surface area contributed by atoms with Crippen LogP contribution in [0.25, 0.3) is 0 Å². The smallest absolute Gasteiger partial charge is 0.348 e. The van der Waals surface area contributed by atoms with Gasteiger partial charge in [0.1, 0.15) is 5.82 Å². The summed E-state index contributed by atoms with van der Waals surface area (Å²) in [5.74, 6) is -0.814. The summed E-state index contributed by atoms with van der Waals surface area (Å²) < 4.78 is 16.9. The van der Waals surface area contributed by atoms with Crippen molar-refractivity contribution in [2.75, 3.05) is 14.2 Å². The Balaban J connectivity index is 2.18. The molecule has 0 aliphatic heterocycles. The predicted molar refractivity (Wildman–Crippen MR) is 108 cm³/mol. The van der Waals surface area contributed by atoms with Crippen molar-refractivity contribution in [3.63, 3.8) is 0 Å². The van der Waals surface area contributed by atoms with Gasteiger partial charge in [-0.05, 0) is 11.1 Å². The van der Waals surface area contributed by atoms with E-state index in [0.717, 1.165) is 0 Å². The molecule has 3 aromatic rings. The van der Waals surface area contributed by atoms with Gasteiger partial charge >= 0.3 is 18.0 Å². The Hall–Kier alpha value is -3.52. The van der Waals surface area contributed by atoms with Crippen molar-refractivity contribution >= 4 is 5.97 Å². The van der Waals surface area contributed by atoms with Gasteiger partial charge in [0, 0.05) is 13.5 Å². The standard InChI is InChI=1S/C22H23N3O5/c1-4-17-23-20(28-2)25-21(24-17)30-18(19(26)27)22(29-3,15-11-7-5-8-12-15)16-13-9-6-10-14-16/h5-14,18H,4H2,1-3H3,(H,26,27). The summed E-state index contributed by atoms with van der Waals surface area (Å²) in [5.41, 5.74) is -0.230. The fourth-order valence-corrected chi connectivity index (χ4v) is 3.28. The number of rotatable bonds is 9. The number of benzene rings is 2. The lowest BCUT2D eigenvalue weighted by Crippen LogP contribution is -2.50. The molecule has 3 rings (SSSR count). The number of aryl methyl sites for hydroxylation is 1. The fourth-order valence-electron chi connectivity index (χ4n) is 3.28. The van der Waals surface area contributed by atoms with Gasteiger partial charge in [0.05, 0.1) is 7.11 Å². The van der Waals surface area contributed by atoms with E-state index in [1.807, 2.05) is 43.3 Å². The first-order chi connectivity index (χ1) is 14.5. The minimum Gasteiger partial charge on any atom is -0.478 e. The number of carboxylic acid groups (broad SMARTS) is 1. The number of ether oxygens (including phenoxy) is 3. The van der Waals surface area contributed by atoms with Crippen molar-refractivity contribution in [3.8, 4) is 12.0 Å². The van der Waals surface area contributed by atoms with Crippen molar-refractivity contribution in [2.24, 2.45) is 0 Å². The van der Waals surface area contributed by atoms with Crippen LogP contribution in [0.2, 0.25) is 0 Å². The molecule has 30 heavy (non-hydrogen) atoms. The molecule has 1 heterocycles. The van der Waals surface area contributed by atoms with E-state index >= 15 is 0 Å². The molecular weight excluding hydrogens is 386 g/mol. The molecule has 1 N–H and O–H groups in total. The largest absolute Gasteiger partial charge is 0.478 e. The summed E-state index contributed by atoms with van der Waals surface area (Å²) in [6, 6.07) is 18.0. The number of carbonyl (C=O) groups is 1. The summed E-state index contributed by atoms with van der Waals surface area (Å²) in [6.07, 6.45) is -0.996. The quantitative estimate of drug-likeness (QED) is 0.575. The van der Waals surface area contributed by atoms with E-state index in [-0.39, 0.29) is 12.0 Å². The van der Waals surface area contributed by atoms with Gasteiger partial charge < -0.3 is 19.3 Å².